The number of nitrogens with one attached hydrogen (secondary N) is 2. The van der Waals surface area contributed by atoms with Crippen LogP contribution in [0.3, 0.4) is 0 Å². The highest BCUT2D eigenvalue weighted by Gasteiger charge is 2.36. The molecule has 2 amide bonds. The molecule has 1 heterocycles. The van der Waals surface area contributed by atoms with Crippen molar-refractivity contribution < 1.29 is 33.8 Å². The molecular weight excluding hydrogens is 524 g/mol. The Morgan fingerprint density at radius 2 is 1.82 bits per heavy atom. The molecule has 1 aromatic rings. The first kappa shape index (κ1) is 32.3. The van der Waals surface area contributed by atoms with Gasteiger partial charge in [-0.25, -0.2) is 4.79 Å². The highest BCUT2D eigenvalue weighted by atomic mass is 35.5. The van der Waals surface area contributed by atoms with Gasteiger partial charge in [-0.05, 0) is 48.3 Å². The third-order valence-electron chi connectivity index (χ3n) is 6.76. The van der Waals surface area contributed by atoms with Gasteiger partial charge in [0.05, 0.1) is 25.2 Å². The zero-order chi connectivity index (χ0) is 28.9. The number of allylic oxidation sites excluding steroid dienone is 1. The van der Waals surface area contributed by atoms with Gasteiger partial charge in [-0.15, -0.1) is 11.6 Å². The first-order chi connectivity index (χ1) is 18.5. The zero-order valence-electron chi connectivity index (χ0n) is 23.2. The second-order valence-corrected chi connectivity index (χ2v) is 10.8. The van der Waals surface area contributed by atoms with Crippen LogP contribution in [0.5, 0.6) is 0 Å². The number of carboxylic acids is 1. The van der Waals surface area contributed by atoms with Crippen molar-refractivity contribution in [1.29, 1.82) is 0 Å². The van der Waals surface area contributed by atoms with Gasteiger partial charge in [0.15, 0.2) is 6.10 Å². The van der Waals surface area contributed by atoms with Crippen LogP contribution in [0.1, 0.15) is 64.2 Å². The average Bonchev–Trinajstić information content (AvgIpc) is 2.87. The van der Waals surface area contributed by atoms with Crippen LogP contribution in [0, 0.1) is 23.7 Å². The number of carboxylic acid groups (broad SMARTS) is 1. The third kappa shape index (κ3) is 11.0. The van der Waals surface area contributed by atoms with Gasteiger partial charge in [0.1, 0.15) is 0 Å². The predicted molar refractivity (Wildman–Crippen MR) is 148 cm³/mol. The van der Waals surface area contributed by atoms with E-state index in [2.05, 4.69) is 29.7 Å². The molecule has 1 fully saturated rings. The summed E-state index contributed by atoms with van der Waals surface area (Å²) in [5.41, 5.74) is 2.23. The smallest absolute Gasteiger partial charge is 0.345 e. The summed E-state index contributed by atoms with van der Waals surface area (Å²) in [5, 5.41) is 14.3. The van der Waals surface area contributed by atoms with E-state index >= 15 is 0 Å². The van der Waals surface area contributed by atoms with E-state index in [-0.39, 0.29) is 37.4 Å². The number of halogens is 1. The van der Waals surface area contributed by atoms with Crippen molar-refractivity contribution >= 4 is 35.4 Å². The van der Waals surface area contributed by atoms with E-state index in [0.29, 0.717) is 17.7 Å². The molecule has 1 aromatic carbocycles. The average molecular weight is 565 g/mol. The number of carbonyl (C=O) groups is 4. The van der Waals surface area contributed by atoms with E-state index in [1.54, 1.807) is 6.08 Å². The fourth-order valence-electron chi connectivity index (χ4n) is 4.19. The Balaban J connectivity index is 1.64. The fraction of sp³-hybridized carbons (Fsp3) is 0.586. The van der Waals surface area contributed by atoms with Crippen LogP contribution in [0.25, 0.3) is 0 Å². The van der Waals surface area contributed by atoms with Crippen molar-refractivity contribution in [1.82, 2.24) is 10.6 Å². The topological polar surface area (TPSA) is 131 Å². The molecule has 5 unspecified atom stereocenters. The van der Waals surface area contributed by atoms with E-state index in [4.69, 9.17) is 21.1 Å². The van der Waals surface area contributed by atoms with Crippen molar-refractivity contribution in [3.05, 3.63) is 47.5 Å². The largest absolute Gasteiger partial charge is 0.479 e. The normalized spacial score (nSPS) is 19.1. The van der Waals surface area contributed by atoms with E-state index in [1.165, 1.54) is 13.0 Å². The fourth-order valence-corrected chi connectivity index (χ4v) is 4.37. The summed E-state index contributed by atoms with van der Waals surface area (Å²) < 4.78 is 10.9. The first-order valence-corrected chi connectivity index (χ1v) is 14.0. The molecule has 3 N–H and O–H groups in total. The van der Waals surface area contributed by atoms with E-state index in [1.807, 2.05) is 26.0 Å². The van der Waals surface area contributed by atoms with Crippen molar-refractivity contribution in [3.63, 3.8) is 0 Å². The molecular formula is C29H41ClN2O7. The Kier molecular flexibility index (Phi) is 13.5. The molecule has 216 valence electrons. The molecule has 0 spiro atoms. The minimum absolute atomic E-state index is 0.0298. The number of ether oxygens (including phenoxy) is 2. The molecule has 9 nitrogen and oxygen atoms in total. The minimum atomic E-state index is -1.22. The summed E-state index contributed by atoms with van der Waals surface area (Å²) in [6.45, 7) is 7.84. The van der Waals surface area contributed by atoms with Gasteiger partial charge in [0.2, 0.25) is 11.8 Å². The van der Waals surface area contributed by atoms with Gasteiger partial charge in [-0.3, -0.25) is 14.4 Å². The minimum Gasteiger partial charge on any atom is -0.479 e. The summed E-state index contributed by atoms with van der Waals surface area (Å²) >= 11 is 5.87. The van der Waals surface area contributed by atoms with E-state index in [0.717, 1.165) is 30.6 Å². The lowest BCUT2D eigenvalue weighted by atomic mass is 9.80. The third-order valence-corrected chi connectivity index (χ3v) is 7.07. The Hall–Kier alpha value is -2.91. The molecule has 2 rings (SSSR count). The monoisotopic (exact) mass is 564 g/mol. The maximum absolute atomic E-state index is 12.2. The van der Waals surface area contributed by atoms with Gasteiger partial charge < -0.3 is 25.2 Å². The van der Waals surface area contributed by atoms with Gasteiger partial charge in [0.25, 0.3) is 0 Å². The lowest BCUT2D eigenvalue weighted by molar-refractivity contribution is -0.167. The molecule has 1 aliphatic heterocycles. The molecule has 5 atom stereocenters. The van der Waals surface area contributed by atoms with Crippen LogP contribution >= 0.6 is 11.6 Å². The molecule has 1 aliphatic rings. The highest BCUT2D eigenvalue weighted by molar-refractivity contribution is 6.17. The van der Waals surface area contributed by atoms with Crippen LogP contribution in [0.2, 0.25) is 0 Å². The molecule has 0 saturated carbocycles. The summed E-state index contributed by atoms with van der Waals surface area (Å²) in [5.74, 6) is -2.11. The summed E-state index contributed by atoms with van der Waals surface area (Å²) in [6, 6.07) is 8.17. The number of alkyl halides is 1. The second kappa shape index (κ2) is 16.3. The lowest BCUT2D eigenvalue weighted by Gasteiger charge is -2.41. The Morgan fingerprint density at radius 1 is 1.13 bits per heavy atom. The first-order valence-electron chi connectivity index (χ1n) is 13.4. The van der Waals surface area contributed by atoms with Crippen LogP contribution < -0.4 is 10.6 Å². The number of esters is 1. The summed E-state index contributed by atoms with van der Waals surface area (Å²) in [4.78, 5) is 47.5. The van der Waals surface area contributed by atoms with Gasteiger partial charge in [0, 0.05) is 18.3 Å². The van der Waals surface area contributed by atoms with Crippen LogP contribution in [-0.2, 0) is 34.5 Å². The number of amides is 2. The predicted octanol–water partition coefficient (Wildman–Crippen LogP) is 4.00. The van der Waals surface area contributed by atoms with Gasteiger partial charge in [-0.2, -0.15) is 0 Å². The zero-order valence-corrected chi connectivity index (χ0v) is 23.9. The quantitative estimate of drug-likeness (QED) is 0.157. The SMILES string of the molecule is CC(C)CC(OC(=O)C(C)CNC(=O)CNC(=O)C=CCCC(C)C1COC1c1ccc(CCl)cc1)C(=O)O. The van der Waals surface area contributed by atoms with Crippen LogP contribution in [0.4, 0.5) is 0 Å². The van der Waals surface area contributed by atoms with Crippen molar-refractivity contribution in [2.24, 2.45) is 23.7 Å². The van der Waals surface area contributed by atoms with E-state index < -0.39 is 29.9 Å². The highest BCUT2D eigenvalue weighted by Crippen LogP contribution is 2.41. The Morgan fingerprint density at radius 3 is 2.38 bits per heavy atom. The molecule has 39 heavy (non-hydrogen) atoms. The van der Waals surface area contributed by atoms with Crippen molar-refractivity contribution in [2.45, 2.75) is 65.0 Å². The second-order valence-electron chi connectivity index (χ2n) is 10.6. The van der Waals surface area contributed by atoms with Crippen LogP contribution in [-0.4, -0.2) is 54.7 Å². The van der Waals surface area contributed by atoms with Crippen molar-refractivity contribution in [3.8, 4) is 0 Å². The summed E-state index contributed by atoms with van der Waals surface area (Å²) in [7, 11) is 0. The number of carbonyl (C=O) groups excluding carboxylic acids is 3. The number of hydrogen-bond donors (Lipinski definition) is 3. The van der Waals surface area contributed by atoms with Gasteiger partial charge in [-0.1, -0.05) is 58.0 Å². The number of aliphatic carboxylic acids is 1. The number of benzene rings is 1. The van der Waals surface area contributed by atoms with Gasteiger partial charge >= 0.3 is 11.9 Å². The maximum Gasteiger partial charge on any atom is 0.345 e. The molecule has 0 bridgehead atoms. The molecule has 0 aromatic heterocycles. The maximum atomic E-state index is 12.2. The molecule has 0 aliphatic carbocycles. The van der Waals surface area contributed by atoms with Crippen molar-refractivity contribution in [2.75, 3.05) is 19.7 Å². The lowest BCUT2D eigenvalue weighted by Crippen LogP contribution is -2.40. The Bertz CT molecular complexity index is 996. The van der Waals surface area contributed by atoms with E-state index in [9.17, 15) is 24.3 Å². The number of rotatable bonds is 16. The molecule has 1 saturated heterocycles. The Labute approximate surface area is 235 Å². The van der Waals surface area contributed by atoms with Crippen LogP contribution in [0.15, 0.2) is 36.4 Å². The number of hydrogen-bond acceptors (Lipinski definition) is 6. The molecule has 0 radical (unpaired) electrons. The standard InChI is InChI=1S/C29H41ClN2O7/c1-18(2)13-24(28(35)36)39-29(37)20(4)15-31-26(34)16-32-25(33)8-6-5-7-19(3)23-17-38-27(23)22-11-9-21(14-30)10-12-22/h6,8-12,18-20,23-24,27H,5,7,13-17H2,1-4H3,(H,31,34)(H,32,33)(H,35,36). The summed E-state index contributed by atoms with van der Waals surface area (Å²) in [6.07, 6.45) is 3.91. The molecule has 10 heteroatoms.